The number of likely N-dealkylation sites (tertiary alicyclic amines) is 1. The Balaban J connectivity index is 1.83. The maximum Gasteiger partial charge on any atom is 0.410 e. The van der Waals surface area contributed by atoms with Gasteiger partial charge in [0.2, 0.25) is 6.04 Å². The average molecular weight is 244 g/mol. The van der Waals surface area contributed by atoms with Gasteiger partial charge in [0, 0.05) is 13.0 Å². The van der Waals surface area contributed by atoms with E-state index in [0.29, 0.717) is 19.7 Å². The fourth-order valence-electron chi connectivity index (χ4n) is 2.04. The van der Waals surface area contributed by atoms with Gasteiger partial charge in [-0.05, 0) is 12.0 Å². The molecule has 0 spiro atoms. The summed E-state index contributed by atoms with van der Waals surface area (Å²) in [6, 6.07) is 9.54. The smallest absolute Gasteiger partial charge is 0.410 e. The van der Waals surface area contributed by atoms with Crippen LogP contribution in [0, 0.1) is 6.57 Å². The van der Waals surface area contributed by atoms with Crippen LogP contribution in [0.25, 0.3) is 4.85 Å². The molecule has 94 valence electrons. The van der Waals surface area contributed by atoms with E-state index in [9.17, 15) is 4.79 Å². The molecule has 0 aromatic heterocycles. The van der Waals surface area contributed by atoms with Gasteiger partial charge in [-0.1, -0.05) is 30.3 Å². The first-order valence-corrected chi connectivity index (χ1v) is 6.12. The highest BCUT2D eigenvalue weighted by molar-refractivity contribution is 5.67. The Morgan fingerprint density at radius 3 is 2.94 bits per heavy atom. The Hall–Kier alpha value is -2.02. The van der Waals surface area contributed by atoms with Gasteiger partial charge in [0.25, 0.3) is 0 Å². The van der Waals surface area contributed by atoms with Gasteiger partial charge in [0.15, 0.2) is 0 Å². The zero-order chi connectivity index (χ0) is 12.8. The van der Waals surface area contributed by atoms with E-state index >= 15 is 0 Å². The molecule has 4 nitrogen and oxygen atoms in total. The predicted octanol–water partition coefficient (Wildman–Crippen LogP) is 2.71. The van der Waals surface area contributed by atoms with Crippen molar-refractivity contribution < 1.29 is 9.53 Å². The van der Waals surface area contributed by atoms with Crippen LogP contribution in [-0.2, 0) is 11.3 Å². The Morgan fingerprint density at radius 2 is 2.22 bits per heavy atom. The molecule has 1 amide bonds. The monoisotopic (exact) mass is 244 g/mol. The summed E-state index contributed by atoms with van der Waals surface area (Å²) < 4.78 is 5.24. The van der Waals surface area contributed by atoms with E-state index in [1.54, 1.807) is 4.90 Å². The maximum absolute atomic E-state index is 11.8. The van der Waals surface area contributed by atoms with Crippen molar-refractivity contribution in [1.29, 1.82) is 0 Å². The predicted molar refractivity (Wildman–Crippen MR) is 67.8 cm³/mol. The number of amides is 1. The van der Waals surface area contributed by atoms with Crippen molar-refractivity contribution in [2.75, 3.05) is 13.1 Å². The highest BCUT2D eigenvalue weighted by Crippen LogP contribution is 2.14. The molecule has 0 N–H and O–H groups in total. The van der Waals surface area contributed by atoms with Gasteiger partial charge in [-0.2, -0.15) is 0 Å². The molecule has 1 aliphatic rings. The molecule has 0 radical (unpaired) electrons. The van der Waals surface area contributed by atoms with Crippen LogP contribution in [0.4, 0.5) is 4.79 Å². The third-order valence-electron chi connectivity index (χ3n) is 3.04. The molecule has 1 fully saturated rings. The van der Waals surface area contributed by atoms with Crippen molar-refractivity contribution in [3.63, 3.8) is 0 Å². The number of benzene rings is 1. The zero-order valence-electron chi connectivity index (χ0n) is 10.2. The normalized spacial score (nSPS) is 19.1. The summed E-state index contributed by atoms with van der Waals surface area (Å²) in [5, 5.41) is 0. The molecule has 1 heterocycles. The zero-order valence-corrected chi connectivity index (χ0v) is 10.2. The maximum atomic E-state index is 11.8. The second-order valence-electron chi connectivity index (χ2n) is 4.41. The van der Waals surface area contributed by atoms with Crippen LogP contribution in [0.2, 0.25) is 0 Å². The number of hydrogen-bond donors (Lipinski definition) is 0. The minimum Gasteiger partial charge on any atom is -0.445 e. The first kappa shape index (κ1) is 12.4. The van der Waals surface area contributed by atoms with Crippen LogP contribution in [0.5, 0.6) is 0 Å². The number of rotatable bonds is 2. The van der Waals surface area contributed by atoms with Crippen LogP contribution >= 0.6 is 0 Å². The quantitative estimate of drug-likeness (QED) is 0.749. The molecule has 0 saturated carbocycles. The topological polar surface area (TPSA) is 33.9 Å². The van der Waals surface area contributed by atoms with Crippen LogP contribution in [-0.4, -0.2) is 30.1 Å². The SMILES string of the molecule is [C-]#[N+]C1CCCN(C(=O)OCc2ccccc2)C1. The molecule has 1 aromatic carbocycles. The summed E-state index contributed by atoms with van der Waals surface area (Å²) >= 11 is 0. The van der Waals surface area contributed by atoms with Crippen molar-refractivity contribution in [1.82, 2.24) is 4.90 Å². The van der Waals surface area contributed by atoms with Gasteiger partial charge in [0.1, 0.15) is 6.61 Å². The van der Waals surface area contributed by atoms with Gasteiger partial charge in [0.05, 0.1) is 6.54 Å². The summed E-state index contributed by atoms with van der Waals surface area (Å²) in [5.41, 5.74) is 0.976. The summed E-state index contributed by atoms with van der Waals surface area (Å²) in [4.78, 5) is 17.0. The van der Waals surface area contributed by atoms with Crippen LogP contribution < -0.4 is 0 Å². The summed E-state index contributed by atoms with van der Waals surface area (Å²) in [7, 11) is 0. The summed E-state index contributed by atoms with van der Waals surface area (Å²) in [5.74, 6) is 0. The molecule has 1 aliphatic heterocycles. The number of carbonyl (C=O) groups excluding carboxylic acids is 1. The lowest BCUT2D eigenvalue weighted by atomic mass is 10.1. The lowest BCUT2D eigenvalue weighted by Crippen LogP contribution is -2.41. The van der Waals surface area contributed by atoms with Crippen molar-refractivity contribution in [3.8, 4) is 0 Å². The fraction of sp³-hybridized carbons (Fsp3) is 0.429. The fourth-order valence-corrected chi connectivity index (χ4v) is 2.04. The molecular weight excluding hydrogens is 228 g/mol. The van der Waals surface area contributed by atoms with Crippen LogP contribution in [0.1, 0.15) is 18.4 Å². The standard InChI is InChI=1S/C14H16N2O2/c1-15-13-8-5-9-16(10-13)14(17)18-11-12-6-3-2-4-7-12/h2-4,6-7,13H,5,8-11H2. The molecule has 18 heavy (non-hydrogen) atoms. The molecule has 2 rings (SSSR count). The number of piperidine rings is 1. The molecule has 1 saturated heterocycles. The Kier molecular flexibility index (Phi) is 4.19. The molecular formula is C14H16N2O2. The minimum absolute atomic E-state index is 0.0666. The van der Waals surface area contributed by atoms with Crippen molar-refractivity contribution in [2.24, 2.45) is 0 Å². The van der Waals surface area contributed by atoms with E-state index in [2.05, 4.69) is 4.85 Å². The molecule has 1 unspecified atom stereocenters. The van der Waals surface area contributed by atoms with E-state index in [0.717, 1.165) is 18.4 Å². The van der Waals surface area contributed by atoms with E-state index in [1.165, 1.54) is 0 Å². The van der Waals surface area contributed by atoms with E-state index in [-0.39, 0.29) is 12.1 Å². The number of ether oxygens (including phenoxy) is 1. The lowest BCUT2D eigenvalue weighted by Gasteiger charge is -2.26. The van der Waals surface area contributed by atoms with E-state index in [1.807, 2.05) is 30.3 Å². The largest absolute Gasteiger partial charge is 0.445 e. The average Bonchev–Trinajstić information content (AvgIpc) is 2.46. The number of hydrogen-bond acceptors (Lipinski definition) is 2. The van der Waals surface area contributed by atoms with Crippen molar-refractivity contribution >= 4 is 6.09 Å². The Morgan fingerprint density at radius 1 is 1.44 bits per heavy atom. The summed E-state index contributed by atoms with van der Waals surface area (Å²) in [6.45, 7) is 8.49. The Bertz CT molecular complexity index is 439. The van der Waals surface area contributed by atoms with Gasteiger partial charge in [-0.3, -0.25) is 0 Å². The van der Waals surface area contributed by atoms with Crippen molar-refractivity contribution in [2.45, 2.75) is 25.5 Å². The van der Waals surface area contributed by atoms with Crippen molar-refractivity contribution in [3.05, 3.63) is 47.3 Å². The Labute approximate surface area is 107 Å². The second-order valence-corrected chi connectivity index (χ2v) is 4.41. The van der Waals surface area contributed by atoms with Crippen LogP contribution in [0.3, 0.4) is 0 Å². The lowest BCUT2D eigenvalue weighted by molar-refractivity contribution is 0.0883. The molecule has 1 aromatic rings. The molecule has 4 heteroatoms. The minimum atomic E-state index is -0.313. The van der Waals surface area contributed by atoms with Crippen LogP contribution in [0.15, 0.2) is 30.3 Å². The van der Waals surface area contributed by atoms with Gasteiger partial charge in [-0.15, -0.1) is 0 Å². The molecule has 1 atom stereocenters. The number of nitrogens with zero attached hydrogens (tertiary/aromatic N) is 2. The van der Waals surface area contributed by atoms with E-state index < -0.39 is 0 Å². The van der Waals surface area contributed by atoms with Gasteiger partial charge < -0.3 is 14.5 Å². The second kappa shape index (κ2) is 6.06. The third-order valence-corrected chi connectivity index (χ3v) is 3.04. The molecule has 0 aliphatic carbocycles. The number of carbonyl (C=O) groups is 1. The third kappa shape index (κ3) is 3.24. The highest BCUT2D eigenvalue weighted by atomic mass is 16.6. The first-order chi connectivity index (χ1) is 8.79. The first-order valence-electron chi connectivity index (χ1n) is 6.12. The highest BCUT2D eigenvalue weighted by Gasteiger charge is 2.27. The summed E-state index contributed by atoms with van der Waals surface area (Å²) in [6.07, 6.45) is 1.45. The van der Waals surface area contributed by atoms with Gasteiger partial charge >= 0.3 is 6.09 Å². The van der Waals surface area contributed by atoms with E-state index in [4.69, 9.17) is 11.3 Å². The van der Waals surface area contributed by atoms with Gasteiger partial charge in [-0.25, -0.2) is 11.4 Å². The molecule has 0 bridgehead atoms.